The van der Waals surface area contributed by atoms with Gasteiger partial charge in [0, 0.05) is 20.2 Å². The molecule has 0 aliphatic rings. The van der Waals surface area contributed by atoms with Crippen molar-refractivity contribution in [2.24, 2.45) is 0 Å². The molecule has 0 saturated carbocycles. The van der Waals surface area contributed by atoms with E-state index in [0.717, 1.165) is 32.2 Å². The van der Waals surface area contributed by atoms with Gasteiger partial charge in [0.2, 0.25) is 11.2 Å². The van der Waals surface area contributed by atoms with Gasteiger partial charge in [-0.25, -0.2) is 0 Å². The van der Waals surface area contributed by atoms with Gasteiger partial charge in [-0.2, -0.15) is 15.0 Å². The minimum absolute atomic E-state index is 0.137. The fourth-order valence-electron chi connectivity index (χ4n) is 1.49. The van der Waals surface area contributed by atoms with E-state index in [1.165, 1.54) is 0 Å². The summed E-state index contributed by atoms with van der Waals surface area (Å²) in [6.45, 7) is 3.60. The average Bonchev–Trinajstić information content (AvgIpc) is 2.40. The van der Waals surface area contributed by atoms with Crippen molar-refractivity contribution in [1.82, 2.24) is 15.0 Å². The van der Waals surface area contributed by atoms with Crippen LogP contribution < -0.4 is 9.64 Å². The molecule has 0 radical (unpaired) electrons. The van der Waals surface area contributed by atoms with Gasteiger partial charge in [0.05, 0.1) is 6.61 Å². The largest absolute Gasteiger partial charge is 0.463 e. The Hall–Kier alpha value is -1.14. The van der Waals surface area contributed by atoms with Gasteiger partial charge in [0.25, 0.3) is 0 Å². The van der Waals surface area contributed by atoms with Gasteiger partial charge in [0.1, 0.15) is 0 Å². The molecule has 0 aromatic carbocycles. The number of anilines is 1. The molecule has 108 valence electrons. The first-order valence-electron chi connectivity index (χ1n) is 6.53. The second kappa shape index (κ2) is 8.87. The van der Waals surface area contributed by atoms with Gasteiger partial charge in [0.15, 0.2) is 0 Å². The Morgan fingerprint density at radius 3 is 2.68 bits per heavy atom. The fourth-order valence-corrected chi connectivity index (χ4v) is 1.64. The molecule has 0 spiro atoms. The number of hydrogen-bond acceptors (Lipinski definition) is 6. The van der Waals surface area contributed by atoms with Crippen molar-refractivity contribution < 1.29 is 9.84 Å². The number of halogens is 1. The third kappa shape index (κ3) is 6.02. The topological polar surface area (TPSA) is 71.4 Å². The molecule has 7 heteroatoms. The highest BCUT2D eigenvalue weighted by Gasteiger charge is 2.09. The SMILES string of the molecule is CCCOc1nc(Cl)nc(N(C)CCCCCO)n1. The molecule has 6 nitrogen and oxygen atoms in total. The van der Waals surface area contributed by atoms with E-state index in [2.05, 4.69) is 15.0 Å². The molecule has 0 unspecified atom stereocenters. The van der Waals surface area contributed by atoms with E-state index in [-0.39, 0.29) is 17.9 Å². The zero-order valence-electron chi connectivity index (χ0n) is 11.5. The highest BCUT2D eigenvalue weighted by molar-refractivity contribution is 6.28. The molecule has 0 fully saturated rings. The first-order valence-corrected chi connectivity index (χ1v) is 6.91. The summed E-state index contributed by atoms with van der Waals surface area (Å²) in [6.07, 6.45) is 3.64. The van der Waals surface area contributed by atoms with Crippen LogP contribution in [0.4, 0.5) is 5.95 Å². The lowest BCUT2D eigenvalue weighted by Crippen LogP contribution is -2.21. The number of aromatic nitrogens is 3. The Morgan fingerprint density at radius 1 is 1.21 bits per heavy atom. The van der Waals surface area contributed by atoms with Crippen molar-refractivity contribution >= 4 is 17.5 Å². The zero-order chi connectivity index (χ0) is 14.1. The summed E-state index contributed by atoms with van der Waals surface area (Å²) < 4.78 is 5.36. The molecule has 1 aromatic heterocycles. The number of aliphatic hydroxyl groups excluding tert-OH is 1. The maximum atomic E-state index is 8.72. The molecule has 1 rings (SSSR count). The molecular formula is C12H21ClN4O2. The number of ether oxygens (including phenoxy) is 1. The number of aliphatic hydroxyl groups is 1. The van der Waals surface area contributed by atoms with Crippen LogP contribution in [-0.2, 0) is 0 Å². The quantitative estimate of drug-likeness (QED) is 0.700. The van der Waals surface area contributed by atoms with Crippen LogP contribution in [0.25, 0.3) is 0 Å². The number of rotatable bonds is 9. The Balaban J connectivity index is 2.57. The smallest absolute Gasteiger partial charge is 0.322 e. The lowest BCUT2D eigenvalue weighted by molar-refractivity contribution is 0.283. The van der Waals surface area contributed by atoms with Crippen molar-refractivity contribution in [1.29, 1.82) is 0 Å². The van der Waals surface area contributed by atoms with E-state index < -0.39 is 0 Å². The third-order valence-corrected chi connectivity index (χ3v) is 2.67. The Labute approximate surface area is 118 Å². The van der Waals surface area contributed by atoms with Crippen LogP contribution in [0.1, 0.15) is 32.6 Å². The summed E-state index contributed by atoms with van der Waals surface area (Å²) in [6, 6.07) is 0.263. The molecule has 0 amide bonds. The Kier molecular flexibility index (Phi) is 7.43. The zero-order valence-corrected chi connectivity index (χ0v) is 12.2. The van der Waals surface area contributed by atoms with E-state index in [0.29, 0.717) is 12.6 Å². The predicted octanol–water partition coefficient (Wildman–Crippen LogP) is 1.91. The first-order chi connectivity index (χ1) is 9.17. The van der Waals surface area contributed by atoms with Gasteiger partial charge in [-0.1, -0.05) is 6.92 Å². The minimum Gasteiger partial charge on any atom is -0.463 e. The molecular weight excluding hydrogens is 268 g/mol. The molecule has 1 N–H and O–H groups in total. The Bertz CT molecular complexity index is 379. The van der Waals surface area contributed by atoms with Crippen LogP contribution in [-0.4, -0.2) is 46.9 Å². The van der Waals surface area contributed by atoms with Crippen LogP contribution in [0.2, 0.25) is 5.28 Å². The molecule has 19 heavy (non-hydrogen) atoms. The standard InChI is InChI=1S/C12H21ClN4O2/c1-3-9-19-12-15-10(13)14-11(16-12)17(2)7-5-4-6-8-18/h18H,3-9H2,1-2H3. The summed E-state index contributed by atoms with van der Waals surface area (Å²) in [5.74, 6) is 0.509. The second-order valence-electron chi connectivity index (χ2n) is 4.24. The predicted molar refractivity (Wildman–Crippen MR) is 74.8 cm³/mol. The minimum atomic E-state index is 0.137. The van der Waals surface area contributed by atoms with Crippen molar-refractivity contribution in [3.05, 3.63) is 5.28 Å². The number of unbranched alkanes of at least 4 members (excludes halogenated alkanes) is 2. The van der Waals surface area contributed by atoms with Crippen molar-refractivity contribution in [2.75, 3.05) is 31.7 Å². The van der Waals surface area contributed by atoms with Crippen molar-refractivity contribution in [3.63, 3.8) is 0 Å². The van der Waals surface area contributed by atoms with E-state index in [9.17, 15) is 0 Å². The summed E-state index contributed by atoms with van der Waals surface area (Å²) in [5.41, 5.74) is 0. The fraction of sp³-hybridized carbons (Fsp3) is 0.750. The molecule has 1 aromatic rings. The number of hydrogen-bond donors (Lipinski definition) is 1. The van der Waals surface area contributed by atoms with Crippen LogP contribution in [0, 0.1) is 0 Å². The average molecular weight is 289 g/mol. The lowest BCUT2D eigenvalue weighted by atomic mass is 10.2. The van der Waals surface area contributed by atoms with E-state index in [1.807, 2.05) is 18.9 Å². The molecule has 0 aliphatic carbocycles. The lowest BCUT2D eigenvalue weighted by Gasteiger charge is -2.17. The molecule has 1 heterocycles. The van der Waals surface area contributed by atoms with Gasteiger partial charge in [-0.05, 0) is 37.3 Å². The van der Waals surface area contributed by atoms with Gasteiger partial charge in [-0.15, -0.1) is 0 Å². The van der Waals surface area contributed by atoms with Gasteiger partial charge in [-0.3, -0.25) is 0 Å². The first kappa shape index (κ1) is 15.9. The van der Waals surface area contributed by atoms with Crippen LogP contribution in [0.5, 0.6) is 6.01 Å². The van der Waals surface area contributed by atoms with E-state index in [1.54, 1.807) is 0 Å². The highest BCUT2D eigenvalue weighted by atomic mass is 35.5. The molecule has 0 bridgehead atoms. The van der Waals surface area contributed by atoms with Crippen LogP contribution in [0.3, 0.4) is 0 Å². The summed E-state index contributed by atoms with van der Waals surface area (Å²) in [5, 5.41) is 8.86. The number of nitrogens with zero attached hydrogens (tertiary/aromatic N) is 4. The summed E-state index contributed by atoms with van der Waals surface area (Å²) >= 11 is 5.85. The van der Waals surface area contributed by atoms with Crippen LogP contribution >= 0.6 is 11.6 Å². The van der Waals surface area contributed by atoms with E-state index in [4.69, 9.17) is 21.4 Å². The van der Waals surface area contributed by atoms with Gasteiger partial charge >= 0.3 is 6.01 Å². The maximum Gasteiger partial charge on any atom is 0.322 e. The third-order valence-electron chi connectivity index (χ3n) is 2.50. The van der Waals surface area contributed by atoms with Gasteiger partial charge < -0.3 is 14.7 Å². The summed E-state index contributed by atoms with van der Waals surface area (Å²) in [4.78, 5) is 14.1. The molecule has 0 saturated heterocycles. The second-order valence-corrected chi connectivity index (χ2v) is 4.58. The molecule has 0 aliphatic heterocycles. The van der Waals surface area contributed by atoms with Crippen molar-refractivity contribution in [3.8, 4) is 6.01 Å². The van der Waals surface area contributed by atoms with E-state index >= 15 is 0 Å². The Morgan fingerprint density at radius 2 is 2.00 bits per heavy atom. The normalized spacial score (nSPS) is 10.5. The van der Waals surface area contributed by atoms with Crippen molar-refractivity contribution in [2.45, 2.75) is 32.6 Å². The molecule has 0 atom stereocenters. The monoisotopic (exact) mass is 288 g/mol. The van der Waals surface area contributed by atoms with Crippen LogP contribution in [0.15, 0.2) is 0 Å². The maximum absolute atomic E-state index is 8.72. The highest BCUT2D eigenvalue weighted by Crippen LogP contribution is 2.14. The summed E-state index contributed by atoms with van der Waals surface area (Å²) in [7, 11) is 1.90.